The average molecular weight is 508 g/mol. The highest BCUT2D eigenvalue weighted by Gasteiger charge is 2.39. The van der Waals surface area contributed by atoms with Gasteiger partial charge in [0.1, 0.15) is 5.82 Å². The average Bonchev–Trinajstić information content (AvgIpc) is 3.54. The Balaban J connectivity index is 1.27. The molecular weight excluding hydrogens is 478 g/mol. The number of carbonyl (C=O) groups excluding carboxylic acids is 3. The Kier molecular flexibility index (Phi) is 6.83. The quantitative estimate of drug-likeness (QED) is 0.393. The minimum atomic E-state index is -1.73. The predicted octanol–water partition coefficient (Wildman–Crippen LogP) is 1.34. The molecule has 0 aliphatic carbocycles. The Morgan fingerprint density at radius 1 is 1.24 bits per heavy atom. The van der Waals surface area contributed by atoms with Gasteiger partial charge in [0.25, 0.3) is 17.7 Å². The fourth-order valence-corrected chi connectivity index (χ4v) is 4.78. The van der Waals surface area contributed by atoms with Gasteiger partial charge in [-0.25, -0.2) is 0 Å². The van der Waals surface area contributed by atoms with Crippen LogP contribution in [0.25, 0.3) is 10.8 Å². The number of hydrogen-bond acceptors (Lipinski definition) is 7. The molecule has 5 N–H and O–H groups in total. The van der Waals surface area contributed by atoms with E-state index in [1.807, 2.05) is 0 Å². The standard InChI is InChI=1S/C26H29N5O6/c1-36-19-7-8-30(14-19)25(34)15-3-2-4-18(12-15)31-9-10-37-22(26(31)35)21(32)24(33)29-17-5-6-20-16(11-17)13-28-23(20)27/h2-6,11-13,19,21-22,28,32H,7-10,14,27H2,1H3,(H,29,33)/t19-,21+,22+/m0/s1. The molecule has 1 aromatic heterocycles. The highest BCUT2D eigenvalue weighted by atomic mass is 16.5. The molecule has 11 heteroatoms. The first-order valence-corrected chi connectivity index (χ1v) is 12.1. The van der Waals surface area contributed by atoms with Gasteiger partial charge in [-0.2, -0.15) is 0 Å². The molecular formula is C26H29N5O6. The molecule has 3 aromatic rings. The van der Waals surface area contributed by atoms with E-state index in [-0.39, 0.29) is 25.2 Å². The third-order valence-electron chi connectivity index (χ3n) is 6.84. The van der Waals surface area contributed by atoms with E-state index < -0.39 is 24.0 Å². The molecule has 194 valence electrons. The van der Waals surface area contributed by atoms with Crippen LogP contribution in [0.2, 0.25) is 0 Å². The molecule has 0 saturated carbocycles. The van der Waals surface area contributed by atoms with Crippen LogP contribution in [0.3, 0.4) is 0 Å². The zero-order valence-electron chi connectivity index (χ0n) is 20.3. The number of fused-ring (bicyclic) bond motifs is 1. The number of aliphatic hydroxyl groups is 1. The van der Waals surface area contributed by atoms with E-state index in [0.29, 0.717) is 35.8 Å². The summed E-state index contributed by atoms with van der Waals surface area (Å²) < 4.78 is 10.9. The topological polar surface area (TPSA) is 150 Å². The van der Waals surface area contributed by atoms with Crippen LogP contribution < -0.4 is 16.0 Å². The van der Waals surface area contributed by atoms with Crippen molar-refractivity contribution in [2.45, 2.75) is 24.7 Å². The van der Waals surface area contributed by atoms with Crippen LogP contribution in [0.1, 0.15) is 16.8 Å². The van der Waals surface area contributed by atoms with Crippen LogP contribution in [0, 0.1) is 0 Å². The van der Waals surface area contributed by atoms with E-state index in [4.69, 9.17) is 15.2 Å². The summed E-state index contributed by atoms with van der Waals surface area (Å²) in [5.74, 6) is -0.958. The Morgan fingerprint density at radius 2 is 2.08 bits per heavy atom. The van der Waals surface area contributed by atoms with Gasteiger partial charge in [0.2, 0.25) is 0 Å². The molecule has 3 atom stereocenters. The van der Waals surface area contributed by atoms with E-state index in [0.717, 1.165) is 17.2 Å². The van der Waals surface area contributed by atoms with Crippen LogP contribution >= 0.6 is 0 Å². The number of amides is 3. The van der Waals surface area contributed by atoms with Gasteiger partial charge in [-0.3, -0.25) is 14.4 Å². The number of aliphatic hydroxyl groups excluding tert-OH is 1. The Hall–Kier alpha value is -3.93. The molecule has 37 heavy (non-hydrogen) atoms. The molecule has 2 aliphatic rings. The molecule has 0 radical (unpaired) electrons. The SMILES string of the molecule is CO[C@H]1CCN(C(=O)c2cccc(N3CCO[C@H]([C@@H](O)C(=O)Nc4ccc5c(N)[nH]cc5c4)C3=O)c2)C1. The molecule has 2 aliphatic heterocycles. The smallest absolute Gasteiger partial charge is 0.259 e. The van der Waals surface area contributed by atoms with Crippen LogP contribution in [-0.2, 0) is 19.1 Å². The fraction of sp³-hybridized carbons (Fsp3) is 0.346. The van der Waals surface area contributed by atoms with E-state index in [1.54, 1.807) is 60.7 Å². The van der Waals surface area contributed by atoms with Gasteiger partial charge in [-0.15, -0.1) is 0 Å². The molecule has 0 spiro atoms. The van der Waals surface area contributed by atoms with Crippen molar-refractivity contribution in [1.82, 2.24) is 9.88 Å². The Labute approximate surface area is 213 Å². The summed E-state index contributed by atoms with van der Waals surface area (Å²) >= 11 is 0. The van der Waals surface area contributed by atoms with Gasteiger partial charge in [0, 0.05) is 60.7 Å². The number of nitrogens with zero attached hydrogens (tertiary/aromatic N) is 2. The van der Waals surface area contributed by atoms with Crippen molar-refractivity contribution in [1.29, 1.82) is 0 Å². The van der Waals surface area contributed by atoms with Crippen LogP contribution in [0.4, 0.5) is 17.2 Å². The monoisotopic (exact) mass is 507 g/mol. The maximum Gasteiger partial charge on any atom is 0.259 e. The minimum Gasteiger partial charge on any atom is -0.385 e. The first-order valence-electron chi connectivity index (χ1n) is 12.1. The second kappa shape index (κ2) is 10.2. The molecule has 2 aromatic carbocycles. The van der Waals surface area contributed by atoms with Crippen molar-refractivity contribution < 1.29 is 29.0 Å². The van der Waals surface area contributed by atoms with Gasteiger partial charge < -0.3 is 40.4 Å². The minimum absolute atomic E-state index is 0.0180. The van der Waals surface area contributed by atoms with Gasteiger partial charge in [-0.05, 0) is 42.8 Å². The summed E-state index contributed by atoms with van der Waals surface area (Å²) in [6.07, 6.45) is -0.618. The van der Waals surface area contributed by atoms with Crippen LogP contribution in [0.5, 0.6) is 0 Å². The Bertz CT molecular complexity index is 1340. The van der Waals surface area contributed by atoms with Gasteiger partial charge >= 0.3 is 0 Å². The van der Waals surface area contributed by atoms with E-state index in [2.05, 4.69) is 10.3 Å². The number of ether oxygens (including phenoxy) is 2. The summed E-state index contributed by atoms with van der Waals surface area (Å²) in [6.45, 7) is 1.47. The van der Waals surface area contributed by atoms with Crippen LogP contribution in [-0.4, -0.2) is 84.4 Å². The summed E-state index contributed by atoms with van der Waals surface area (Å²) in [6, 6.07) is 11.9. The zero-order valence-corrected chi connectivity index (χ0v) is 20.3. The van der Waals surface area contributed by atoms with Crippen molar-refractivity contribution in [2.75, 3.05) is 49.3 Å². The van der Waals surface area contributed by atoms with E-state index in [1.165, 1.54) is 4.90 Å². The number of methoxy groups -OCH3 is 1. The summed E-state index contributed by atoms with van der Waals surface area (Å²) in [4.78, 5) is 45.1. The number of carbonyl (C=O) groups is 3. The number of benzene rings is 2. The molecule has 0 bridgehead atoms. The highest BCUT2D eigenvalue weighted by molar-refractivity contribution is 6.05. The van der Waals surface area contributed by atoms with E-state index in [9.17, 15) is 19.5 Å². The number of nitrogen functional groups attached to an aromatic ring is 1. The summed E-state index contributed by atoms with van der Waals surface area (Å²) in [5.41, 5.74) is 7.24. The van der Waals surface area contributed by atoms with Crippen molar-refractivity contribution in [3.8, 4) is 0 Å². The van der Waals surface area contributed by atoms with E-state index >= 15 is 0 Å². The molecule has 3 amide bonds. The number of morpholine rings is 1. The van der Waals surface area contributed by atoms with Gasteiger partial charge in [-0.1, -0.05) is 6.07 Å². The third-order valence-corrected chi connectivity index (χ3v) is 6.84. The summed E-state index contributed by atoms with van der Waals surface area (Å²) in [5, 5.41) is 14.9. The molecule has 11 nitrogen and oxygen atoms in total. The largest absolute Gasteiger partial charge is 0.385 e. The van der Waals surface area contributed by atoms with Crippen molar-refractivity contribution >= 4 is 45.7 Å². The molecule has 0 unspecified atom stereocenters. The number of aromatic amines is 1. The maximum absolute atomic E-state index is 13.3. The number of rotatable bonds is 6. The summed E-state index contributed by atoms with van der Waals surface area (Å²) in [7, 11) is 1.63. The second-order valence-electron chi connectivity index (χ2n) is 9.17. The highest BCUT2D eigenvalue weighted by Crippen LogP contribution is 2.26. The zero-order chi connectivity index (χ0) is 26.1. The molecule has 2 fully saturated rings. The van der Waals surface area contributed by atoms with Crippen LogP contribution in [0.15, 0.2) is 48.7 Å². The maximum atomic E-state index is 13.3. The number of nitrogens with two attached hydrogens (primary N) is 1. The Morgan fingerprint density at radius 3 is 2.86 bits per heavy atom. The number of likely N-dealkylation sites (tertiary alicyclic amines) is 1. The number of hydrogen-bond donors (Lipinski definition) is 4. The van der Waals surface area contributed by atoms with Crippen molar-refractivity contribution in [3.63, 3.8) is 0 Å². The molecule has 5 rings (SSSR count). The van der Waals surface area contributed by atoms with Gasteiger partial charge in [0.05, 0.1) is 12.7 Å². The lowest BCUT2D eigenvalue weighted by molar-refractivity contribution is -0.150. The number of anilines is 3. The molecule has 3 heterocycles. The lowest BCUT2D eigenvalue weighted by atomic mass is 10.1. The first kappa shape index (κ1) is 24.8. The number of H-pyrrole nitrogens is 1. The number of nitrogens with one attached hydrogen (secondary N) is 2. The lowest BCUT2D eigenvalue weighted by Crippen LogP contribution is -2.55. The second-order valence-corrected chi connectivity index (χ2v) is 9.17. The fourth-order valence-electron chi connectivity index (χ4n) is 4.78. The number of aromatic nitrogens is 1. The van der Waals surface area contributed by atoms with Crippen molar-refractivity contribution in [3.05, 3.63) is 54.2 Å². The molecule has 2 saturated heterocycles. The van der Waals surface area contributed by atoms with Gasteiger partial charge in [0.15, 0.2) is 12.2 Å². The lowest BCUT2D eigenvalue weighted by Gasteiger charge is -2.34. The first-order chi connectivity index (χ1) is 17.9. The predicted molar refractivity (Wildman–Crippen MR) is 137 cm³/mol. The third kappa shape index (κ3) is 4.88. The normalized spacial score (nSPS) is 20.9. The van der Waals surface area contributed by atoms with Crippen molar-refractivity contribution in [2.24, 2.45) is 0 Å².